The lowest BCUT2D eigenvalue weighted by Crippen LogP contribution is -2.20. The summed E-state index contributed by atoms with van der Waals surface area (Å²) in [5.41, 5.74) is 0.790. The van der Waals surface area contributed by atoms with Gasteiger partial charge in [0.15, 0.2) is 6.04 Å². The fraction of sp³-hybridized carbons (Fsp3) is 0.182. The number of nitrogens with zero attached hydrogens (tertiary/aromatic N) is 2. The number of thiophene rings is 1. The highest BCUT2D eigenvalue weighted by Gasteiger charge is 2.20. The van der Waals surface area contributed by atoms with Crippen LogP contribution in [0.25, 0.3) is 0 Å². The number of aromatic nitrogens is 2. The third-order valence-corrected chi connectivity index (χ3v) is 3.11. The van der Waals surface area contributed by atoms with Gasteiger partial charge in [0.2, 0.25) is 0 Å². The van der Waals surface area contributed by atoms with Crippen molar-refractivity contribution in [1.29, 1.82) is 0 Å². The second-order valence-electron chi connectivity index (χ2n) is 3.48. The molecule has 0 saturated heterocycles. The number of nitrogens with one attached hydrogen (secondary N) is 1. The molecule has 0 radical (unpaired) electrons. The Balaban J connectivity index is 2.22. The molecule has 5 nitrogen and oxygen atoms in total. The van der Waals surface area contributed by atoms with Crippen molar-refractivity contribution in [3.8, 4) is 0 Å². The van der Waals surface area contributed by atoms with Gasteiger partial charge >= 0.3 is 5.97 Å². The second-order valence-corrected chi connectivity index (χ2v) is 4.45. The van der Waals surface area contributed by atoms with Crippen LogP contribution in [-0.2, 0) is 4.79 Å². The smallest absolute Gasteiger partial charge is 0.331 e. The quantitative estimate of drug-likeness (QED) is 0.867. The summed E-state index contributed by atoms with van der Waals surface area (Å²) >= 11 is 1.40. The van der Waals surface area contributed by atoms with E-state index in [1.165, 1.54) is 17.7 Å². The minimum absolute atomic E-state index is 0.512. The van der Waals surface area contributed by atoms with Crippen LogP contribution in [0.15, 0.2) is 29.9 Å². The van der Waals surface area contributed by atoms with E-state index in [4.69, 9.17) is 0 Å². The van der Waals surface area contributed by atoms with Gasteiger partial charge in [-0.2, -0.15) is 0 Å². The molecule has 0 aromatic carbocycles. The van der Waals surface area contributed by atoms with Crippen LogP contribution in [0, 0.1) is 6.92 Å². The predicted octanol–water partition coefficient (Wildman–Crippen LogP) is 2.08. The number of rotatable bonds is 4. The van der Waals surface area contributed by atoms with E-state index >= 15 is 0 Å². The molecule has 0 spiro atoms. The SMILES string of the molecule is Cc1cc(NC(C(=O)O)c2cccs2)ncn1. The van der Waals surface area contributed by atoms with Crippen molar-refractivity contribution in [3.63, 3.8) is 0 Å². The number of carboxylic acid groups (broad SMARTS) is 1. The Morgan fingerprint density at radius 2 is 2.35 bits per heavy atom. The molecule has 0 saturated carbocycles. The van der Waals surface area contributed by atoms with Crippen molar-refractivity contribution in [2.45, 2.75) is 13.0 Å². The third-order valence-electron chi connectivity index (χ3n) is 2.17. The Morgan fingerprint density at radius 1 is 1.53 bits per heavy atom. The molecule has 6 heteroatoms. The van der Waals surface area contributed by atoms with Crippen LogP contribution in [0.3, 0.4) is 0 Å². The summed E-state index contributed by atoms with van der Waals surface area (Å²) in [4.78, 5) is 19.9. The van der Waals surface area contributed by atoms with Crippen molar-refractivity contribution < 1.29 is 9.90 Å². The highest BCUT2D eigenvalue weighted by atomic mass is 32.1. The first-order chi connectivity index (χ1) is 8.16. The summed E-state index contributed by atoms with van der Waals surface area (Å²) in [5, 5.41) is 13.9. The van der Waals surface area contributed by atoms with Crippen LogP contribution >= 0.6 is 11.3 Å². The number of aryl methyl sites for hydroxylation is 1. The zero-order chi connectivity index (χ0) is 12.3. The highest BCUT2D eigenvalue weighted by molar-refractivity contribution is 7.10. The van der Waals surface area contributed by atoms with Crippen LogP contribution in [-0.4, -0.2) is 21.0 Å². The first kappa shape index (κ1) is 11.5. The van der Waals surface area contributed by atoms with Gasteiger partial charge in [-0.25, -0.2) is 14.8 Å². The van der Waals surface area contributed by atoms with E-state index in [1.807, 2.05) is 18.4 Å². The van der Waals surface area contributed by atoms with Gasteiger partial charge in [0.1, 0.15) is 12.1 Å². The maximum absolute atomic E-state index is 11.2. The molecule has 0 aliphatic rings. The minimum atomic E-state index is -0.927. The zero-order valence-corrected chi connectivity index (χ0v) is 9.94. The number of anilines is 1. The summed E-state index contributed by atoms with van der Waals surface area (Å²) < 4.78 is 0. The molecule has 0 amide bonds. The Morgan fingerprint density at radius 3 is 2.94 bits per heavy atom. The van der Waals surface area contributed by atoms with Crippen molar-refractivity contribution in [2.75, 3.05) is 5.32 Å². The van der Waals surface area contributed by atoms with Crippen molar-refractivity contribution in [3.05, 3.63) is 40.5 Å². The van der Waals surface area contributed by atoms with Crippen LogP contribution < -0.4 is 5.32 Å². The molecule has 88 valence electrons. The molecular formula is C11H11N3O2S. The molecule has 2 heterocycles. The van der Waals surface area contributed by atoms with Crippen molar-refractivity contribution >= 4 is 23.1 Å². The van der Waals surface area contributed by atoms with Crippen LogP contribution in [0.5, 0.6) is 0 Å². The van der Waals surface area contributed by atoms with E-state index in [0.717, 1.165) is 10.6 Å². The van der Waals surface area contributed by atoms with E-state index in [0.29, 0.717) is 5.82 Å². The minimum Gasteiger partial charge on any atom is -0.479 e. The van der Waals surface area contributed by atoms with Crippen LogP contribution in [0.1, 0.15) is 16.6 Å². The second kappa shape index (κ2) is 4.92. The molecule has 0 fully saturated rings. The van der Waals surface area contributed by atoms with Gasteiger partial charge in [-0.3, -0.25) is 0 Å². The number of aliphatic carboxylic acids is 1. The fourth-order valence-electron chi connectivity index (χ4n) is 1.39. The fourth-order valence-corrected chi connectivity index (χ4v) is 2.16. The monoisotopic (exact) mass is 249 g/mol. The Kier molecular flexibility index (Phi) is 3.34. The Hall–Kier alpha value is -1.95. The van der Waals surface area contributed by atoms with E-state index in [9.17, 15) is 9.90 Å². The van der Waals surface area contributed by atoms with Crippen LogP contribution in [0.2, 0.25) is 0 Å². The van der Waals surface area contributed by atoms with Gasteiger partial charge in [-0.15, -0.1) is 11.3 Å². The third kappa shape index (κ3) is 2.79. The average Bonchev–Trinajstić information content (AvgIpc) is 2.78. The zero-order valence-electron chi connectivity index (χ0n) is 9.12. The van der Waals surface area contributed by atoms with Crippen molar-refractivity contribution in [2.24, 2.45) is 0 Å². The van der Waals surface area contributed by atoms with Gasteiger partial charge in [-0.1, -0.05) is 6.07 Å². The normalized spacial score (nSPS) is 12.1. The summed E-state index contributed by atoms with van der Waals surface area (Å²) in [6.45, 7) is 1.83. The van der Waals surface area contributed by atoms with E-state index in [1.54, 1.807) is 12.1 Å². The largest absolute Gasteiger partial charge is 0.479 e. The lowest BCUT2D eigenvalue weighted by atomic mass is 10.2. The maximum atomic E-state index is 11.2. The van der Waals surface area contributed by atoms with Gasteiger partial charge in [-0.05, 0) is 18.4 Å². The van der Waals surface area contributed by atoms with Gasteiger partial charge < -0.3 is 10.4 Å². The topological polar surface area (TPSA) is 75.1 Å². The molecule has 0 aliphatic heterocycles. The lowest BCUT2D eigenvalue weighted by Gasteiger charge is -2.13. The maximum Gasteiger partial charge on any atom is 0.331 e. The molecular weight excluding hydrogens is 238 g/mol. The Bertz CT molecular complexity index is 513. The predicted molar refractivity (Wildman–Crippen MR) is 65.1 cm³/mol. The Labute approximate surface area is 102 Å². The van der Waals surface area contributed by atoms with E-state index in [2.05, 4.69) is 15.3 Å². The summed E-state index contributed by atoms with van der Waals surface area (Å²) in [5.74, 6) is -0.415. The number of hydrogen-bond donors (Lipinski definition) is 2. The summed E-state index contributed by atoms with van der Waals surface area (Å²) in [7, 11) is 0. The molecule has 0 aliphatic carbocycles. The number of carboxylic acids is 1. The molecule has 17 heavy (non-hydrogen) atoms. The molecule has 2 aromatic heterocycles. The highest BCUT2D eigenvalue weighted by Crippen LogP contribution is 2.22. The molecule has 1 unspecified atom stereocenters. The van der Waals surface area contributed by atoms with Gasteiger partial charge in [0.05, 0.1) is 0 Å². The summed E-state index contributed by atoms with van der Waals surface area (Å²) in [6.07, 6.45) is 1.41. The summed E-state index contributed by atoms with van der Waals surface area (Å²) in [6, 6.07) is 4.54. The number of carbonyl (C=O) groups is 1. The van der Waals surface area contributed by atoms with Gasteiger partial charge in [0.25, 0.3) is 0 Å². The molecule has 2 aromatic rings. The van der Waals surface area contributed by atoms with E-state index in [-0.39, 0.29) is 0 Å². The molecule has 1 atom stereocenters. The first-order valence-electron chi connectivity index (χ1n) is 4.98. The van der Waals surface area contributed by atoms with Gasteiger partial charge in [0, 0.05) is 16.6 Å². The molecule has 0 bridgehead atoms. The molecule has 2 rings (SSSR count). The lowest BCUT2D eigenvalue weighted by molar-refractivity contribution is -0.138. The van der Waals surface area contributed by atoms with Crippen molar-refractivity contribution in [1.82, 2.24) is 9.97 Å². The first-order valence-corrected chi connectivity index (χ1v) is 5.86. The van der Waals surface area contributed by atoms with E-state index < -0.39 is 12.0 Å². The van der Waals surface area contributed by atoms with Crippen LogP contribution in [0.4, 0.5) is 5.82 Å². The molecule has 2 N–H and O–H groups in total. The number of hydrogen-bond acceptors (Lipinski definition) is 5. The standard InChI is InChI=1S/C11H11N3O2S/c1-7-5-9(13-6-12-7)14-10(11(15)16)8-3-2-4-17-8/h2-6,10H,1H3,(H,15,16)(H,12,13,14). The average molecular weight is 249 g/mol.